The Morgan fingerprint density at radius 3 is 2.12 bits per heavy atom. The Bertz CT molecular complexity index is 885. The third-order valence-electron chi connectivity index (χ3n) is 3.44. The van der Waals surface area contributed by atoms with Gasteiger partial charge in [-0.3, -0.25) is 4.79 Å². The SMILES string of the molecule is Cc1cccc(C)c1OC(=O)c1ccc(S(=O)(=O)NCC(N)=O)cc1. The molecule has 0 saturated heterocycles. The highest BCUT2D eigenvalue weighted by molar-refractivity contribution is 7.89. The van der Waals surface area contributed by atoms with Gasteiger partial charge in [0.25, 0.3) is 0 Å². The molecule has 0 unspecified atom stereocenters. The first kappa shape index (κ1) is 18.6. The summed E-state index contributed by atoms with van der Waals surface area (Å²) < 4.78 is 31.4. The first-order valence-electron chi connectivity index (χ1n) is 7.37. The van der Waals surface area contributed by atoms with E-state index in [9.17, 15) is 18.0 Å². The van der Waals surface area contributed by atoms with Gasteiger partial charge in [0.15, 0.2) is 0 Å². The Morgan fingerprint density at radius 1 is 1.04 bits per heavy atom. The van der Waals surface area contributed by atoms with Crippen molar-refractivity contribution in [3.63, 3.8) is 0 Å². The van der Waals surface area contributed by atoms with Crippen LogP contribution in [0.5, 0.6) is 5.75 Å². The van der Waals surface area contributed by atoms with Crippen LogP contribution in [0.1, 0.15) is 21.5 Å². The molecule has 0 aliphatic rings. The van der Waals surface area contributed by atoms with Gasteiger partial charge in [0.1, 0.15) is 5.75 Å². The summed E-state index contributed by atoms with van der Waals surface area (Å²) in [6.45, 7) is 3.16. The molecule has 0 atom stereocenters. The van der Waals surface area contributed by atoms with Crippen molar-refractivity contribution in [2.45, 2.75) is 18.7 Å². The molecule has 0 bridgehead atoms. The van der Waals surface area contributed by atoms with Crippen LogP contribution in [0.4, 0.5) is 0 Å². The number of nitrogens with one attached hydrogen (secondary N) is 1. The summed E-state index contributed by atoms with van der Waals surface area (Å²) in [6.07, 6.45) is 0. The maximum absolute atomic E-state index is 12.2. The van der Waals surface area contributed by atoms with Gasteiger partial charge in [-0.2, -0.15) is 0 Å². The summed E-state index contributed by atoms with van der Waals surface area (Å²) in [7, 11) is -3.87. The van der Waals surface area contributed by atoms with E-state index in [2.05, 4.69) is 4.72 Å². The smallest absolute Gasteiger partial charge is 0.343 e. The number of carbonyl (C=O) groups excluding carboxylic acids is 2. The molecule has 25 heavy (non-hydrogen) atoms. The monoisotopic (exact) mass is 362 g/mol. The fourth-order valence-corrected chi connectivity index (χ4v) is 3.12. The Labute approximate surface area is 145 Å². The van der Waals surface area contributed by atoms with Gasteiger partial charge >= 0.3 is 5.97 Å². The second-order valence-electron chi connectivity index (χ2n) is 5.43. The Morgan fingerprint density at radius 2 is 1.60 bits per heavy atom. The first-order valence-corrected chi connectivity index (χ1v) is 8.85. The van der Waals surface area contributed by atoms with E-state index in [4.69, 9.17) is 10.5 Å². The molecule has 1 amide bonds. The minimum Gasteiger partial charge on any atom is -0.422 e. The number of benzene rings is 2. The highest BCUT2D eigenvalue weighted by Crippen LogP contribution is 2.23. The molecule has 0 aromatic heterocycles. The average molecular weight is 362 g/mol. The lowest BCUT2D eigenvalue weighted by molar-refractivity contribution is -0.116. The molecule has 132 valence electrons. The summed E-state index contributed by atoms with van der Waals surface area (Å²) in [5, 5.41) is 0. The van der Waals surface area contributed by atoms with Crippen LogP contribution in [0, 0.1) is 13.8 Å². The van der Waals surface area contributed by atoms with Crippen molar-refractivity contribution in [3.05, 3.63) is 59.2 Å². The standard InChI is InChI=1S/C17H18N2O5S/c1-11-4-3-5-12(2)16(11)24-17(21)13-6-8-14(9-7-13)25(22,23)19-10-15(18)20/h3-9,19H,10H2,1-2H3,(H2,18,20). The zero-order valence-corrected chi connectivity index (χ0v) is 14.6. The number of ether oxygens (including phenoxy) is 1. The number of hydrogen-bond acceptors (Lipinski definition) is 5. The average Bonchev–Trinajstić information content (AvgIpc) is 2.56. The van der Waals surface area contributed by atoms with Crippen LogP contribution in [-0.2, 0) is 14.8 Å². The van der Waals surface area contributed by atoms with Crippen molar-refractivity contribution in [2.24, 2.45) is 5.73 Å². The van der Waals surface area contributed by atoms with Crippen molar-refractivity contribution in [3.8, 4) is 5.75 Å². The quantitative estimate of drug-likeness (QED) is 0.593. The van der Waals surface area contributed by atoms with Crippen molar-refractivity contribution in [1.82, 2.24) is 4.72 Å². The zero-order chi connectivity index (χ0) is 18.6. The van der Waals surface area contributed by atoms with Crippen LogP contribution in [0.3, 0.4) is 0 Å². The van der Waals surface area contributed by atoms with E-state index in [-0.39, 0.29) is 10.5 Å². The molecule has 2 aromatic carbocycles. The number of carbonyl (C=O) groups is 2. The lowest BCUT2D eigenvalue weighted by Crippen LogP contribution is -2.33. The van der Waals surface area contributed by atoms with Gasteiger partial charge in [0.2, 0.25) is 15.9 Å². The first-order chi connectivity index (χ1) is 11.7. The van der Waals surface area contributed by atoms with E-state index in [1.54, 1.807) is 0 Å². The summed E-state index contributed by atoms with van der Waals surface area (Å²) in [6, 6.07) is 10.7. The van der Waals surface area contributed by atoms with Crippen LogP contribution in [0.15, 0.2) is 47.4 Å². The predicted molar refractivity (Wildman–Crippen MR) is 91.7 cm³/mol. The summed E-state index contributed by atoms with van der Waals surface area (Å²) in [4.78, 5) is 22.8. The highest BCUT2D eigenvalue weighted by atomic mass is 32.2. The van der Waals surface area contributed by atoms with Gasteiger partial charge in [0.05, 0.1) is 17.0 Å². The van der Waals surface area contributed by atoms with E-state index in [1.165, 1.54) is 24.3 Å². The summed E-state index contributed by atoms with van der Waals surface area (Å²) >= 11 is 0. The molecule has 8 heteroatoms. The third kappa shape index (κ3) is 4.65. The van der Waals surface area contributed by atoms with E-state index < -0.39 is 28.4 Å². The summed E-state index contributed by atoms with van der Waals surface area (Å²) in [5.74, 6) is -0.906. The molecule has 0 heterocycles. The van der Waals surface area contributed by atoms with Crippen LogP contribution in [0.2, 0.25) is 0 Å². The third-order valence-corrected chi connectivity index (χ3v) is 4.86. The van der Waals surface area contributed by atoms with Crippen molar-refractivity contribution in [1.29, 1.82) is 0 Å². The fraction of sp³-hybridized carbons (Fsp3) is 0.176. The van der Waals surface area contributed by atoms with Gasteiger partial charge in [-0.1, -0.05) is 18.2 Å². The van der Waals surface area contributed by atoms with Crippen LogP contribution >= 0.6 is 0 Å². The fourth-order valence-electron chi connectivity index (χ4n) is 2.13. The molecule has 2 aromatic rings. The molecule has 0 radical (unpaired) electrons. The zero-order valence-electron chi connectivity index (χ0n) is 13.8. The normalized spacial score (nSPS) is 11.1. The van der Waals surface area contributed by atoms with Crippen LogP contribution in [0.25, 0.3) is 0 Å². The number of primary amides is 1. The van der Waals surface area contributed by atoms with Gasteiger partial charge < -0.3 is 10.5 Å². The topological polar surface area (TPSA) is 116 Å². The molecule has 0 fully saturated rings. The molecular formula is C17H18N2O5S. The molecule has 0 aliphatic carbocycles. The second-order valence-corrected chi connectivity index (χ2v) is 7.19. The number of hydrogen-bond donors (Lipinski definition) is 2. The number of nitrogens with two attached hydrogens (primary N) is 1. The number of sulfonamides is 1. The Kier molecular flexibility index (Phi) is 5.55. The van der Waals surface area contributed by atoms with E-state index >= 15 is 0 Å². The molecule has 0 spiro atoms. The predicted octanol–water partition coefficient (Wildman–Crippen LogP) is 1.29. The number of para-hydroxylation sites is 1. The number of esters is 1. The molecule has 2 rings (SSSR count). The Hall–Kier alpha value is -2.71. The maximum atomic E-state index is 12.2. The van der Waals surface area contributed by atoms with E-state index in [0.29, 0.717) is 5.75 Å². The van der Waals surface area contributed by atoms with Gasteiger partial charge in [-0.25, -0.2) is 17.9 Å². The molecular weight excluding hydrogens is 344 g/mol. The van der Waals surface area contributed by atoms with Crippen molar-refractivity contribution in [2.75, 3.05) is 6.54 Å². The number of aryl methyl sites for hydroxylation is 2. The number of rotatable bonds is 6. The van der Waals surface area contributed by atoms with Crippen LogP contribution < -0.4 is 15.2 Å². The van der Waals surface area contributed by atoms with Gasteiger partial charge in [0, 0.05) is 0 Å². The van der Waals surface area contributed by atoms with Gasteiger partial charge in [-0.15, -0.1) is 0 Å². The highest BCUT2D eigenvalue weighted by Gasteiger charge is 2.17. The van der Waals surface area contributed by atoms with Crippen LogP contribution in [-0.4, -0.2) is 26.8 Å². The minimum atomic E-state index is -3.87. The Balaban J connectivity index is 2.17. The lowest BCUT2D eigenvalue weighted by atomic mass is 10.1. The number of amides is 1. The molecule has 3 N–H and O–H groups in total. The van der Waals surface area contributed by atoms with Crippen molar-refractivity contribution < 1.29 is 22.7 Å². The summed E-state index contributed by atoms with van der Waals surface area (Å²) in [5.41, 5.74) is 6.76. The molecule has 0 aliphatic heterocycles. The lowest BCUT2D eigenvalue weighted by Gasteiger charge is -2.10. The van der Waals surface area contributed by atoms with Gasteiger partial charge in [-0.05, 0) is 49.2 Å². The minimum absolute atomic E-state index is 0.0858. The second kappa shape index (κ2) is 7.45. The maximum Gasteiger partial charge on any atom is 0.343 e. The van der Waals surface area contributed by atoms with E-state index in [1.807, 2.05) is 32.0 Å². The largest absolute Gasteiger partial charge is 0.422 e. The molecule has 7 nitrogen and oxygen atoms in total. The van der Waals surface area contributed by atoms with E-state index in [0.717, 1.165) is 11.1 Å². The molecule has 0 saturated carbocycles. The van der Waals surface area contributed by atoms with Crippen molar-refractivity contribution >= 4 is 21.9 Å².